The summed E-state index contributed by atoms with van der Waals surface area (Å²) < 4.78 is 26.6. The van der Waals surface area contributed by atoms with Crippen LogP contribution in [0.4, 0.5) is 8.78 Å². The van der Waals surface area contributed by atoms with Gasteiger partial charge in [-0.15, -0.1) is 0 Å². The van der Waals surface area contributed by atoms with Gasteiger partial charge in [0.2, 0.25) is 11.8 Å². The van der Waals surface area contributed by atoms with Crippen molar-refractivity contribution in [3.05, 3.63) is 35.4 Å². The highest BCUT2D eigenvalue weighted by molar-refractivity contribution is 6.01. The minimum Gasteiger partial charge on any atom is -0.340 e. The molecule has 1 N–H and O–H groups in total. The van der Waals surface area contributed by atoms with Crippen LogP contribution in [0, 0.1) is 11.6 Å². The number of benzene rings is 1. The predicted molar refractivity (Wildman–Crippen MR) is 73.2 cm³/mol. The van der Waals surface area contributed by atoms with E-state index in [1.165, 1.54) is 4.90 Å². The molecule has 114 valence electrons. The molecular formula is C15H18F2N2O2. The van der Waals surface area contributed by atoms with Crippen molar-refractivity contribution in [2.75, 3.05) is 0 Å². The molecule has 21 heavy (non-hydrogen) atoms. The molecule has 2 rings (SSSR count). The lowest BCUT2D eigenvalue weighted by atomic mass is 9.89. The first-order valence-electron chi connectivity index (χ1n) is 6.64. The fourth-order valence-electron chi connectivity index (χ4n) is 2.36. The van der Waals surface area contributed by atoms with Crippen molar-refractivity contribution in [2.45, 2.75) is 45.3 Å². The molecule has 0 spiro atoms. The molecule has 1 aromatic rings. The smallest absolute Gasteiger partial charge is 0.248 e. The van der Waals surface area contributed by atoms with Crippen LogP contribution in [0.3, 0.4) is 0 Å². The van der Waals surface area contributed by atoms with Crippen molar-refractivity contribution in [2.24, 2.45) is 0 Å². The highest BCUT2D eigenvalue weighted by atomic mass is 19.1. The summed E-state index contributed by atoms with van der Waals surface area (Å²) in [5.74, 6) is -2.02. The lowest BCUT2D eigenvalue weighted by Crippen LogP contribution is -2.71. The number of nitrogens with one attached hydrogen (secondary N) is 1. The topological polar surface area (TPSA) is 49.4 Å². The van der Waals surface area contributed by atoms with Gasteiger partial charge in [0.1, 0.15) is 22.7 Å². The molecule has 6 heteroatoms. The van der Waals surface area contributed by atoms with Gasteiger partial charge < -0.3 is 10.2 Å². The number of rotatable bonds is 2. The standard InChI is InChI=1S/C15H18F2N2O2/c1-14(2)13(21)19(15(3,4)12(20)18-14)8-9-5-10(16)7-11(17)6-9/h5-7H,8H2,1-4H3,(H,18,20). The molecular weight excluding hydrogens is 278 g/mol. The minimum absolute atomic E-state index is 0.0304. The van der Waals surface area contributed by atoms with Crippen molar-refractivity contribution < 1.29 is 18.4 Å². The second-order valence-corrected chi connectivity index (χ2v) is 6.31. The molecule has 0 saturated carbocycles. The van der Waals surface area contributed by atoms with Crippen LogP contribution < -0.4 is 5.32 Å². The molecule has 0 aliphatic carbocycles. The van der Waals surface area contributed by atoms with Gasteiger partial charge in [-0.2, -0.15) is 0 Å². The molecule has 1 aliphatic heterocycles. The molecule has 2 amide bonds. The van der Waals surface area contributed by atoms with E-state index >= 15 is 0 Å². The maximum absolute atomic E-state index is 13.3. The van der Waals surface area contributed by atoms with Crippen LogP contribution >= 0.6 is 0 Å². The highest BCUT2D eigenvalue weighted by Crippen LogP contribution is 2.28. The number of piperazine rings is 1. The van der Waals surface area contributed by atoms with Gasteiger partial charge in [-0.3, -0.25) is 9.59 Å². The summed E-state index contributed by atoms with van der Waals surface area (Å²) in [7, 11) is 0. The summed E-state index contributed by atoms with van der Waals surface area (Å²) >= 11 is 0. The Balaban J connectivity index is 2.39. The average Bonchev–Trinajstić information content (AvgIpc) is 2.31. The first-order valence-corrected chi connectivity index (χ1v) is 6.64. The zero-order valence-corrected chi connectivity index (χ0v) is 12.5. The largest absolute Gasteiger partial charge is 0.340 e. The van der Waals surface area contributed by atoms with E-state index in [1.54, 1.807) is 27.7 Å². The third-order valence-electron chi connectivity index (χ3n) is 3.70. The van der Waals surface area contributed by atoms with Crippen LogP contribution in [0.5, 0.6) is 0 Å². The van der Waals surface area contributed by atoms with Crippen LogP contribution in [-0.4, -0.2) is 27.8 Å². The normalized spacial score (nSPS) is 20.4. The Morgan fingerprint density at radius 3 is 2.10 bits per heavy atom. The molecule has 0 unspecified atom stereocenters. The molecule has 1 fully saturated rings. The van der Waals surface area contributed by atoms with E-state index < -0.39 is 22.7 Å². The molecule has 1 aromatic carbocycles. The van der Waals surface area contributed by atoms with Crippen LogP contribution in [-0.2, 0) is 16.1 Å². The average molecular weight is 296 g/mol. The van der Waals surface area contributed by atoms with Gasteiger partial charge in [-0.25, -0.2) is 8.78 Å². The van der Waals surface area contributed by atoms with Gasteiger partial charge in [0, 0.05) is 12.6 Å². The Hall–Kier alpha value is -1.98. The lowest BCUT2D eigenvalue weighted by Gasteiger charge is -2.47. The van der Waals surface area contributed by atoms with E-state index in [2.05, 4.69) is 5.32 Å². The summed E-state index contributed by atoms with van der Waals surface area (Å²) in [6, 6.07) is 3.08. The van der Waals surface area contributed by atoms with E-state index in [-0.39, 0.29) is 18.4 Å². The second-order valence-electron chi connectivity index (χ2n) is 6.31. The summed E-state index contributed by atoms with van der Waals surface area (Å²) in [6.07, 6.45) is 0. The zero-order chi connectivity index (χ0) is 16.0. The van der Waals surface area contributed by atoms with Gasteiger partial charge >= 0.3 is 0 Å². The van der Waals surface area contributed by atoms with Crippen molar-refractivity contribution in [1.29, 1.82) is 0 Å². The monoisotopic (exact) mass is 296 g/mol. The van der Waals surface area contributed by atoms with Crippen LogP contribution in [0.15, 0.2) is 18.2 Å². The summed E-state index contributed by atoms with van der Waals surface area (Å²) in [4.78, 5) is 26.0. The van der Waals surface area contributed by atoms with Crippen LogP contribution in [0.2, 0.25) is 0 Å². The maximum atomic E-state index is 13.3. The van der Waals surface area contributed by atoms with Gasteiger partial charge in [0.15, 0.2) is 0 Å². The zero-order valence-electron chi connectivity index (χ0n) is 12.5. The number of hydrogen-bond donors (Lipinski definition) is 1. The van der Waals surface area contributed by atoms with E-state index in [0.717, 1.165) is 18.2 Å². The Morgan fingerprint density at radius 1 is 1.05 bits per heavy atom. The number of amides is 2. The van der Waals surface area contributed by atoms with E-state index in [4.69, 9.17) is 0 Å². The third-order valence-corrected chi connectivity index (χ3v) is 3.70. The molecule has 1 saturated heterocycles. The summed E-state index contributed by atoms with van der Waals surface area (Å²) in [6.45, 7) is 6.37. The number of nitrogens with zero attached hydrogens (tertiary/aromatic N) is 1. The quantitative estimate of drug-likeness (QED) is 0.907. The predicted octanol–water partition coefficient (Wildman–Crippen LogP) is 1.98. The number of carbonyl (C=O) groups excluding carboxylic acids is 2. The Bertz CT molecular complexity index is 591. The van der Waals surface area contributed by atoms with Gasteiger partial charge in [-0.05, 0) is 45.4 Å². The number of hydrogen-bond acceptors (Lipinski definition) is 2. The van der Waals surface area contributed by atoms with Crippen molar-refractivity contribution in [3.63, 3.8) is 0 Å². The number of carbonyl (C=O) groups is 2. The van der Waals surface area contributed by atoms with Crippen molar-refractivity contribution in [1.82, 2.24) is 10.2 Å². The lowest BCUT2D eigenvalue weighted by molar-refractivity contribution is -0.160. The number of halogens is 2. The van der Waals surface area contributed by atoms with Gasteiger partial charge in [-0.1, -0.05) is 0 Å². The SMILES string of the molecule is CC1(C)NC(=O)C(C)(C)N(Cc2cc(F)cc(F)c2)C1=O. The van der Waals surface area contributed by atoms with Crippen LogP contribution in [0.25, 0.3) is 0 Å². The fraction of sp³-hybridized carbons (Fsp3) is 0.467. The first-order chi connectivity index (χ1) is 9.54. The van der Waals surface area contributed by atoms with Gasteiger partial charge in [0.25, 0.3) is 0 Å². The fourth-order valence-corrected chi connectivity index (χ4v) is 2.36. The second kappa shape index (κ2) is 4.79. The minimum atomic E-state index is -1.09. The van der Waals surface area contributed by atoms with Crippen LogP contribution in [0.1, 0.15) is 33.3 Å². The van der Waals surface area contributed by atoms with E-state index in [0.29, 0.717) is 5.56 Å². The van der Waals surface area contributed by atoms with Crippen molar-refractivity contribution in [3.8, 4) is 0 Å². The van der Waals surface area contributed by atoms with E-state index in [1.807, 2.05) is 0 Å². The molecule has 0 atom stereocenters. The summed E-state index contributed by atoms with van der Waals surface area (Å²) in [5.41, 5.74) is -1.83. The Kier molecular flexibility index (Phi) is 3.51. The Morgan fingerprint density at radius 2 is 1.57 bits per heavy atom. The van der Waals surface area contributed by atoms with Gasteiger partial charge in [0.05, 0.1) is 0 Å². The summed E-state index contributed by atoms with van der Waals surface area (Å²) in [5, 5.41) is 2.66. The maximum Gasteiger partial charge on any atom is 0.248 e. The molecule has 4 nitrogen and oxygen atoms in total. The first kappa shape index (κ1) is 15.4. The molecule has 1 heterocycles. The molecule has 0 radical (unpaired) electrons. The molecule has 0 aromatic heterocycles. The molecule has 1 aliphatic rings. The molecule has 0 bridgehead atoms. The third kappa shape index (κ3) is 2.75. The van der Waals surface area contributed by atoms with Crippen molar-refractivity contribution >= 4 is 11.8 Å². The Labute approximate surface area is 122 Å². The highest BCUT2D eigenvalue weighted by Gasteiger charge is 2.49. The van der Waals surface area contributed by atoms with E-state index in [9.17, 15) is 18.4 Å².